The number of nitrogens with two attached hydrogens (primary N) is 1. The Kier molecular flexibility index (Phi) is 10.2. The Morgan fingerprint density at radius 1 is 1.03 bits per heavy atom. The topological polar surface area (TPSA) is 108 Å². The van der Waals surface area contributed by atoms with E-state index in [1.807, 2.05) is 39.0 Å². The van der Waals surface area contributed by atoms with Gasteiger partial charge in [-0.25, -0.2) is 13.6 Å². The smallest absolute Gasteiger partial charge is 0.238 e. The van der Waals surface area contributed by atoms with E-state index < -0.39 is 10.0 Å². The molecule has 2 aromatic carbocycles. The summed E-state index contributed by atoms with van der Waals surface area (Å²) in [6.07, 6.45) is 5.44. The molecular weight excluding hydrogens is 464 g/mol. The molecule has 35 heavy (non-hydrogen) atoms. The van der Waals surface area contributed by atoms with Gasteiger partial charge in [-0.1, -0.05) is 65.5 Å². The van der Waals surface area contributed by atoms with Crippen molar-refractivity contribution in [3.05, 3.63) is 47.5 Å². The first-order valence-corrected chi connectivity index (χ1v) is 13.6. The Labute approximate surface area is 210 Å². The van der Waals surface area contributed by atoms with Crippen molar-refractivity contribution in [1.29, 1.82) is 0 Å². The van der Waals surface area contributed by atoms with Gasteiger partial charge in [0.05, 0.1) is 19.1 Å². The second-order valence-corrected chi connectivity index (χ2v) is 11.5. The fourth-order valence-corrected chi connectivity index (χ4v) is 4.76. The minimum atomic E-state index is -3.90. The summed E-state index contributed by atoms with van der Waals surface area (Å²) in [4.78, 5) is 13.3. The molecule has 1 amide bonds. The highest BCUT2D eigenvalue weighted by atomic mass is 32.2. The van der Waals surface area contributed by atoms with Crippen molar-refractivity contribution in [2.45, 2.75) is 82.4 Å². The van der Waals surface area contributed by atoms with Gasteiger partial charge < -0.3 is 14.8 Å². The second-order valence-electron chi connectivity index (χ2n) is 9.91. The number of ether oxygens (including phenoxy) is 2. The average Bonchev–Trinajstić information content (AvgIpc) is 2.79. The molecule has 0 bridgehead atoms. The van der Waals surface area contributed by atoms with E-state index in [0.717, 1.165) is 43.2 Å². The summed E-state index contributed by atoms with van der Waals surface area (Å²) in [7, 11) is -0.687. The van der Waals surface area contributed by atoms with Gasteiger partial charge in [0.15, 0.2) is 0 Å². The number of hydrogen-bond donors (Lipinski definition) is 2. The van der Waals surface area contributed by atoms with Gasteiger partial charge in [0, 0.05) is 18.2 Å². The van der Waals surface area contributed by atoms with Gasteiger partial charge >= 0.3 is 0 Å². The van der Waals surface area contributed by atoms with Crippen molar-refractivity contribution in [3.63, 3.8) is 0 Å². The standard InChI is InChI=1S/C27H40N2O5S/c1-7-8-9-10-11-19(22-14-12-20(33-5)17-25(22)34-6)16-26(30)29-24-18-21(35(28,31)32)13-15-23(24)27(2,3)4/h12-15,17-19H,7-11,16H2,1-6H3,(H,29,30)(H2,28,31,32). The molecule has 0 saturated heterocycles. The molecule has 0 aliphatic heterocycles. The largest absolute Gasteiger partial charge is 0.497 e. The molecule has 1 atom stereocenters. The Hall–Kier alpha value is -2.58. The van der Waals surface area contributed by atoms with Gasteiger partial charge in [0.25, 0.3) is 0 Å². The van der Waals surface area contributed by atoms with Crippen LogP contribution in [0.15, 0.2) is 41.3 Å². The zero-order valence-corrected chi connectivity index (χ0v) is 22.6. The number of unbranched alkanes of at least 4 members (excludes halogenated alkanes) is 3. The molecular formula is C27H40N2O5S. The molecule has 0 aromatic heterocycles. The summed E-state index contributed by atoms with van der Waals surface area (Å²) in [6, 6.07) is 10.3. The van der Waals surface area contributed by atoms with Gasteiger partial charge in [-0.05, 0) is 47.1 Å². The number of carbonyl (C=O) groups is 1. The minimum absolute atomic E-state index is 0.0336. The summed E-state index contributed by atoms with van der Waals surface area (Å²) >= 11 is 0. The van der Waals surface area contributed by atoms with E-state index in [4.69, 9.17) is 14.6 Å². The molecule has 0 radical (unpaired) electrons. The Bertz CT molecular complexity index is 1110. The van der Waals surface area contributed by atoms with E-state index in [1.54, 1.807) is 20.3 Å². The van der Waals surface area contributed by atoms with Crippen LogP contribution in [0.3, 0.4) is 0 Å². The number of methoxy groups -OCH3 is 2. The Morgan fingerprint density at radius 2 is 1.74 bits per heavy atom. The van der Waals surface area contributed by atoms with E-state index in [-0.39, 0.29) is 28.6 Å². The summed E-state index contributed by atoms with van der Waals surface area (Å²) in [5, 5.41) is 8.31. The third kappa shape index (κ3) is 8.25. The maximum absolute atomic E-state index is 13.3. The van der Waals surface area contributed by atoms with Crippen molar-refractivity contribution >= 4 is 21.6 Å². The van der Waals surface area contributed by atoms with Crippen LogP contribution in [-0.4, -0.2) is 28.5 Å². The van der Waals surface area contributed by atoms with Crippen molar-refractivity contribution in [2.75, 3.05) is 19.5 Å². The van der Waals surface area contributed by atoms with Crippen LogP contribution in [0.1, 0.15) is 83.3 Å². The highest BCUT2D eigenvalue weighted by Crippen LogP contribution is 2.37. The molecule has 0 aliphatic carbocycles. The number of hydrogen-bond acceptors (Lipinski definition) is 5. The Balaban J connectivity index is 2.36. The fourth-order valence-electron chi connectivity index (χ4n) is 4.22. The van der Waals surface area contributed by atoms with Crippen LogP contribution < -0.4 is 19.9 Å². The molecule has 0 spiro atoms. The number of sulfonamides is 1. The van der Waals surface area contributed by atoms with Gasteiger partial charge in [-0.15, -0.1) is 0 Å². The molecule has 1 unspecified atom stereocenters. The molecule has 7 nitrogen and oxygen atoms in total. The number of carbonyl (C=O) groups excluding carboxylic acids is 1. The molecule has 0 fully saturated rings. The van der Waals surface area contributed by atoms with E-state index in [1.165, 1.54) is 12.1 Å². The first-order chi connectivity index (χ1) is 16.4. The van der Waals surface area contributed by atoms with E-state index in [9.17, 15) is 13.2 Å². The van der Waals surface area contributed by atoms with E-state index in [2.05, 4.69) is 12.2 Å². The lowest BCUT2D eigenvalue weighted by molar-refractivity contribution is -0.116. The average molecular weight is 505 g/mol. The third-order valence-corrected chi connectivity index (χ3v) is 7.03. The SMILES string of the molecule is CCCCCCC(CC(=O)Nc1cc(S(N)(=O)=O)ccc1C(C)(C)C)c1ccc(OC)cc1OC. The number of benzene rings is 2. The molecule has 3 N–H and O–H groups in total. The predicted octanol–water partition coefficient (Wildman–Crippen LogP) is 5.73. The van der Waals surface area contributed by atoms with Gasteiger partial charge in [0.1, 0.15) is 11.5 Å². The van der Waals surface area contributed by atoms with Crippen molar-refractivity contribution in [3.8, 4) is 11.5 Å². The summed E-state index contributed by atoms with van der Waals surface area (Å²) < 4.78 is 34.8. The normalized spacial score (nSPS) is 12.8. The lowest BCUT2D eigenvalue weighted by Crippen LogP contribution is -2.22. The summed E-state index contributed by atoms with van der Waals surface area (Å²) in [5.41, 5.74) is 1.94. The van der Waals surface area contributed by atoms with Gasteiger partial charge in [0.2, 0.25) is 15.9 Å². The monoisotopic (exact) mass is 504 g/mol. The number of anilines is 1. The van der Waals surface area contributed by atoms with Crippen molar-refractivity contribution < 1.29 is 22.7 Å². The van der Waals surface area contributed by atoms with Crippen LogP contribution >= 0.6 is 0 Å². The highest BCUT2D eigenvalue weighted by molar-refractivity contribution is 7.89. The lowest BCUT2D eigenvalue weighted by Gasteiger charge is -2.25. The lowest BCUT2D eigenvalue weighted by atomic mass is 9.85. The molecule has 2 rings (SSSR count). The predicted molar refractivity (Wildman–Crippen MR) is 141 cm³/mol. The third-order valence-electron chi connectivity index (χ3n) is 6.12. The maximum atomic E-state index is 13.3. The maximum Gasteiger partial charge on any atom is 0.238 e. The van der Waals surface area contributed by atoms with E-state index >= 15 is 0 Å². The molecule has 0 aliphatic rings. The molecule has 0 heterocycles. The minimum Gasteiger partial charge on any atom is -0.497 e. The molecule has 8 heteroatoms. The van der Waals surface area contributed by atoms with Crippen LogP contribution in [-0.2, 0) is 20.2 Å². The fraction of sp³-hybridized carbons (Fsp3) is 0.519. The highest BCUT2D eigenvalue weighted by Gasteiger charge is 2.24. The quantitative estimate of drug-likeness (QED) is 0.359. The second kappa shape index (κ2) is 12.4. The Morgan fingerprint density at radius 3 is 2.31 bits per heavy atom. The van der Waals surface area contributed by atoms with Gasteiger partial charge in [-0.3, -0.25) is 4.79 Å². The number of nitrogens with one attached hydrogen (secondary N) is 1. The molecule has 2 aromatic rings. The summed E-state index contributed by atoms with van der Waals surface area (Å²) in [6.45, 7) is 8.19. The van der Waals surface area contributed by atoms with Crippen LogP contribution in [0.5, 0.6) is 11.5 Å². The van der Waals surface area contributed by atoms with Crippen LogP contribution in [0.2, 0.25) is 0 Å². The van der Waals surface area contributed by atoms with Crippen LogP contribution in [0.25, 0.3) is 0 Å². The number of amides is 1. The van der Waals surface area contributed by atoms with Crippen molar-refractivity contribution in [2.24, 2.45) is 5.14 Å². The molecule has 194 valence electrons. The zero-order valence-electron chi connectivity index (χ0n) is 21.8. The number of primary sulfonamides is 1. The van der Waals surface area contributed by atoms with Crippen molar-refractivity contribution in [1.82, 2.24) is 0 Å². The van der Waals surface area contributed by atoms with Crippen LogP contribution in [0.4, 0.5) is 5.69 Å². The van der Waals surface area contributed by atoms with Crippen LogP contribution in [0, 0.1) is 0 Å². The first kappa shape index (κ1) is 28.7. The molecule has 0 saturated carbocycles. The zero-order chi connectivity index (χ0) is 26.2. The first-order valence-electron chi connectivity index (χ1n) is 12.1. The summed E-state index contributed by atoms with van der Waals surface area (Å²) in [5.74, 6) is 1.12. The van der Waals surface area contributed by atoms with E-state index in [0.29, 0.717) is 17.2 Å². The number of rotatable bonds is 12. The van der Waals surface area contributed by atoms with Gasteiger partial charge in [-0.2, -0.15) is 0 Å².